The van der Waals surface area contributed by atoms with Crippen molar-refractivity contribution in [1.29, 1.82) is 0 Å². The minimum absolute atomic E-state index is 0.0340. The number of aryl methyl sites for hydroxylation is 3. The molecule has 2 amide bonds. The Morgan fingerprint density at radius 1 is 1.00 bits per heavy atom. The molecule has 0 heterocycles. The van der Waals surface area contributed by atoms with Crippen LogP contribution in [-0.2, 0) is 26.2 Å². The van der Waals surface area contributed by atoms with Crippen LogP contribution in [0.25, 0.3) is 0 Å². The molecule has 2 aromatic carbocycles. The summed E-state index contributed by atoms with van der Waals surface area (Å²) in [6.45, 7) is 11.0. The van der Waals surface area contributed by atoms with Gasteiger partial charge in [-0.3, -0.25) is 13.9 Å². The predicted molar refractivity (Wildman–Crippen MR) is 137 cm³/mol. The third kappa shape index (κ3) is 7.32. The summed E-state index contributed by atoms with van der Waals surface area (Å²) in [6, 6.07) is 12.4. The van der Waals surface area contributed by atoms with Gasteiger partial charge in [-0.2, -0.15) is 0 Å². The van der Waals surface area contributed by atoms with Crippen LogP contribution < -0.4 is 9.62 Å². The molecule has 2 unspecified atom stereocenters. The van der Waals surface area contributed by atoms with Crippen LogP contribution in [0.5, 0.6) is 0 Å². The predicted octanol–water partition coefficient (Wildman–Crippen LogP) is 3.71. The van der Waals surface area contributed by atoms with E-state index in [-0.39, 0.29) is 18.5 Å². The van der Waals surface area contributed by atoms with Crippen molar-refractivity contribution < 1.29 is 18.0 Å². The van der Waals surface area contributed by atoms with Crippen LogP contribution >= 0.6 is 0 Å². The Bertz CT molecular complexity index is 1130. The smallest absolute Gasteiger partial charge is 0.244 e. The summed E-state index contributed by atoms with van der Waals surface area (Å²) in [5.74, 6) is -0.715. The molecular formula is C26H37N3O4S. The minimum atomic E-state index is -3.75. The lowest BCUT2D eigenvalue weighted by Crippen LogP contribution is -2.52. The van der Waals surface area contributed by atoms with Crippen molar-refractivity contribution in [2.45, 2.75) is 66.6 Å². The molecule has 0 aromatic heterocycles. The third-order valence-electron chi connectivity index (χ3n) is 5.92. The average molecular weight is 488 g/mol. The first kappa shape index (κ1) is 27.4. The Hall–Kier alpha value is -2.87. The van der Waals surface area contributed by atoms with E-state index in [2.05, 4.69) is 5.32 Å². The highest BCUT2D eigenvalue weighted by atomic mass is 32.2. The summed E-state index contributed by atoms with van der Waals surface area (Å²) < 4.78 is 26.6. The van der Waals surface area contributed by atoms with Gasteiger partial charge in [-0.25, -0.2) is 8.42 Å². The largest absolute Gasteiger partial charge is 0.352 e. The normalized spacial score (nSPS) is 13.1. The van der Waals surface area contributed by atoms with Gasteiger partial charge in [-0.1, -0.05) is 48.9 Å². The van der Waals surface area contributed by atoms with E-state index < -0.39 is 28.5 Å². The fourth-order valence-corrected chi connectivity index (χ4v) is 4.54. The minimum Gasteiger partial charge on any atom is -0.352 e. The van der Waals surface area contributed by atoms with Crippen LogP contribution in [0, 0.1) is 20.8 Å². The fraction of sp³-hybridized carbons (Fsp3) is 0.462. The molecule has 2 rings (SSSR count). The number of benzene rings is 2. The zero-order valence-electron chi connectivity index (χ0n) is 21.3. The molecule has 0 saturated heterocycles. The van der Waals surface area contributed by atoms with Crippen molar-refractivity contribution in [3.05, 3.63) is 64.7 Å². The summed E-state index contributed by atoms with van der Waals surface area (Å²) in [5, 5.41) is 2.93. The van der Waals surface area contributed by atoms with Crippen LogP contribution in [0.4, 0.5) is 5.69 Å². The van der Waals surface area contributed by atoms with Crippen molar-refractivity contribution >= 4 is 27.5 Å². The molecule has 0 radical (unpaired) electrons. The average Bonchev–Trinajstić information content (AvgIpc) is 2.76. The Morgan fingerprint density at radius 3 is 2.24 bits per heavy atom. The van der Waals surface area contributed by atoms with Gasteiger partial charge >= 0.3 is 0 Å². The fourth-order valence-electron chi connectivity index (χ4n) is 3.64. The highest BCUT2D eigenvalue weighted by molar-refractivity contribution is 7.92. The summed E-state index contributed by atoms with van der Waals surface area (Å²) in [5.41, 5.74) is 4.00. The van der Waals surface area contributed by atoms with Gasteiger partial charge in [0.25, 0.3) is 0 Å². The third-order valence-corrected chi connectivity index (χ3v) is 7.04. The van der Waals surface area contributed by atoms with Gasteiger partial charge in [-0.15, -0.1) is 0 Å². The van der Waals surface area contributed by atoms with Gasteiger partial charge in [0, 0.05) is 12.6 Å². The molecule has 0 spiro atoms. The second kappa shape index (κ2) is 11.5. The molecule has 2 atom stereocenters. The van der Waals surface area contributed by atoms with Crippen LogP contribution in [0.15, 0.2) is 42.5 Å². The topological polar surface area (TPSA) is 86.8 Å². The van der Waals surface area contributed by atoms with Crippen molar-refractivity contribution in [3.63, 3.8) is 0 Å². The van der Waals surface area contributed by atoms with Gasteiger partial charge in [0.1, 0.15) is 12.6 Å². The van der Waals surface area contributed by atoms with E-state index in [1.807, 2.05) is 71.0 Å². The lowest BCUT2D eigenvalue weighted by molar-refractivity contribution is -0.139. The molecule has 0 bridgehead atoms. The van der Waals surface area contributed by atoms with E-state index in [0.717, 1.165) is 39.2 Å². The summed E-state index contributed by atoms with van der Waals surface area (Å²) in [7, 11) is -3.75. The molecule has 0 aliphatic carbocycles. The number of amides is 2. The van der Waals surface area contributed by atoms with E-state index in [0.29, 0.717) is 5.69 Å². The van der Waals surface area contributed by atoms with Gasteiger partial charge in [0.05, 0.1) is 11.9 Å². The van der Waals surface area contributed by atoms with E-state index in [1.54, 1.807) is 13.0 Å². The molecule has 0 saturated carbocycles. The molecule has 1 N–H and O–H groups in total. The summed E-state index contributed by atoms with van der Waals surface area (Å²) in [6.07, 6.45) is 1.85. The molecule has 186 valence electrons. The molecule has 8 heteroatoms. The van der Waals surface area contributed by atoms with Crippen LogP contribution in [0.1, 0.15) is 49.4 Å². The van der Waals surface area contributed by atoms with Crippen molar-refractivity contribution in [2.24, 2.45) is 0 Å². The van der Waals surface area contributed by atoms with E-state index in [9.17, 15) is 18.0 Å². The van der Waals surface area contributed by atoms with Crippen molar-refractivity contribution in [3.8, 4) is 0 Å². The number of rotatable bonds is 10. The van der Waals surface area contributed by atoms with Crippen molar-refractivity contribution in [2.75, 3.05) is 17.1 Å². The molecule has 7 nitrogen and oxygen atoms in total. The molecule has 0 aliphatic rings. The first-order chi connectivity index (χ1) is 15.8. The molecule has 2 aromatic rings. The number of sulfonamides is 1. The molecule has 0 aliphatic heterocycles. The Labute approximate surface area is 204 Å². The first-order valence-corrected chi connectivity index (χ1v) is 13.4. The Kier molecular flexibility index (Phi) is 9.27. The zero-order valence-corrected chi connectivity index (χ0v) is 22.1. The SMILES string of the molecule is CCC(C)NC(=O)C(C)N(Cc1cccc(C)c1)C(=O)CN(c1cc(C)ccc1C)S(C)(=O)=O. The monoisotopic (exact) mass is 487 g/mol. The lowest BCUT2D eigenvalue weighted by Gasteiger charge is -2.32. The second-order valence-corrected chi connectivity index (χ2v) is 11.0. The molecule has 0 fully saturated rings. The maximum Gasteiger partial charge on any atom is 0.244 e. The first-order valence-electron chi connectivity index (χ1n) is 11.5. The summed E-state index contributed by atoms with van der Waals surface area (Å²) >= 11 is 0. The number of hydrogen-bond donors (Lipinski definition) is 1. The number of carbonyl (C=O) groups is 2. The molecule has 34 heavy (non-hydrogen) atoms. The van der Waals surface area contributed by atoms with E-state index in [1.165, 1.54) is 4.90 Å². The highest BCUT2D eigenvalue weighted by Gasteiger charge is 2.31. The van der Waals surface area contributed by atoms with E-state index in [4.69, 9.17) is 0 Å². The number of anilines is 1. The number of hydrogen-bond acceptors (Lipinski definition) is 4. The summed E-state index contributed by atoms with van der Waals surface area (Å²) in [4.78, 5) is 28.0. The van der Waals surface area contributed by atoms with E-state index >= 15 is 0 Å². The lowest BCUT2D eigenvalue weighted by atomic mass is 10.1. The maximum absolute atomic E-state index is 13.6. The maximum atomic E-state index is 13.6. The van der Waals surface area contributed by atoms with Crippen molar-refractivity contribution in [1.82, 2.24) is 10.2 Å². The molecular weight excluding hydrogens is 450 g/mol. The number of nitrogens with one attached hydrogen (secondary N) is 1. The second-order valence-electron chi connectivity index (χ2n) is 9.06. The number of nitrogens with zero attached hydrogens (tertiary/aromatic N) is 2. The Morgan fingerprint density at radius 2 is 1.65 bits per heavy atom. The Balaban J connectivity index is 2.43. The van der Waals surface area contributed by atoms with Gasteiger partial charge < -0.3 is 10.2 Å². The van der Waals surface area contributed by atoms with Crippen LogP contribution in [0.2, 0.25) is 0 Å². The quantitative estimate of drug-likeness (QED) is 0.554. The van der Waals surface area contributed by atoms with Gasteiger partial charge in [0.15, 0.2) is 0 Å². The van der Waals surface area contributed by atoms with Gasteiger partial charge in [0.2, 0.25) is 21.8 Å². The van der Waals surface area contributed by atoms with Crippen LogP contribution in [-0.4, -0.2) is 50.0 Å². The van der Waals surface area contributed by atoms with Gasteiger partial charge in [-0.05, 0) is 63.8 Å². The number of carbonyl (C=O) groups excluding carboxylic acids is 2. The standard InChI is InChI=1S/C26H37N3O4S/c1-8-21(5)27-26(31)22(6)28(16-23-11-9-10-18(2)14-23)25(30)17-29(34(7,32)33)24-15-19(3)12-13-20(24)4/h9-15,21-22H,8,16-17H2,1-7H3,(H,27,31). The van der Waals surface area contributed by atoms with Crippen LogP contribution in [0.3, 0.4) is 0 Å². The zero-order chi connectivity index (χ0) is 25.6. The highest BCUT2D eigenvalue weighted by Crippen LogP contribution is 2.24.